The molecule has 6 nitrogen and oxygen atoms in total. The van der Waals surface area contributed by atoms with Crippen molar-refractivity contribution in [1.82, 2.24) is 20.4 Å². The first-order valence-corrected chi connectivity index (χ1v) is 10.1. The third kappa shape index (κ3) is 4.58. The van der Waals surface area contributed by atoms with Crippen molar-refractivity contribution in [2.75, 3.05) is 6.54 Å². The molecule has 2 aromatic rings. The van der Waals surface area contributed by atoms with Crippen molar-refractivity contribution >= 4 is 21.8 Å². The lowest BCUT2D eigenvalue weighted by Gasteiger charge is -2.24. The van der Waals surface area contributed by atoms with Crippen LogP contribution in [0, 0.1) is 0 Å². The number of carbonyl (C=O) groups is 1. The molecule has 0 bridgehead atoms. The van der Waals surface area contributed by atoms with Gasteiger partial charge in [-0.1, -0.05) is 47.9 Å². The predicted octanol–water partition coefficient (Wildman–Crippen LogP) is 4.21. The quantitative estimate of drug-likeness (QED) is 0.782. The van der Waals surface area contributed by atoms with Crippen LogP contribution in [-0.4, -0.2) is 33.5 Å². The van der Waals surface area contributed by atoms with E-state index in [-0.39, 0.29) is 23.3 Å². The van der Waals surface area contributed by atoms with E-state index in [2.05, 4.69) is 62.3 Å². The Bertz CT molecular complexity index is 826. The van der Waals surface area contributed by atoms with Crippen molar-refractivity contribution in [1.29, 1.82) is 0 Å². The largest absolute Gasteiger partial charge is 0.341 e. The van der Waals surface area contributed by atoms with Crippen molar-refractivity contribution < 1.29 is 9.32 Å². The molecule has 0 spiro atoms. The standard InChI is InChI=1S/C20H27BrN4O2/c1-12(2)25-9-8-16(15-7-6-14(21)10-13(15)11-25)22-17(26)18-23-19(24-27-18)20(3,4)5/h6-7,10,12,16H,8-9,11H2,1-5H3,(H,22,26)/t16-/m1/s1. The molecule has 0 saturated heterocycles. The molecule has 7 heteroatoms. The van der Waals surface area contributed by atoms with Crippen LogP contribution in [0.1, 0.15) is 74.7 Å². The van der Waals surface area contributed by atoms with E-state index in [1.54, 1.807) is 0 Å². The first-order chi connectivity index (χ1) is 12.6. The summed E-state index contributed by atoms with van der Waals surface area (Å²) in [4.78, 5) is 19.4. The zero-order chi connectivity index (χ0) is 19.8. The van der Waals surface area contributed by atoms with Gasteiger partial charge in [0.05, 0.1) is 6.04 Å². The number of fused-ring (bicyclic) bond motifs is 1. The third-order valence-corrected chi connectivity index (χ3v) is 5.38. The number of benzene rings is 1. The molecule has 1 N–H and O–H groups in total. The number of hydrogen-bond acceptors (Lipinski definition) is 5. The number of nitrogens with zero attached hydrogens (tertiary/aromatic N) is 3. The van der Waals surface area contributed by atoms with E-state index < -0.39 is 0 Å². The highest BCUT2D eigenvalue weighted by molar-refractivity contribution is 9.10. The minimum atomic E-state index is -0.324. The summed E-state index contributed by atoms with van der Waals surface area (Å²) in [5.74, 6) is 0.224. The van der Waals surface area contributed by atoms with Gasteiger partial charge in [-0.15, -0.1) is 0 Å². The Morgan fingerprint density at radius 1 is 1.37 bits per heavy atom. The SMILES string of the molecule is CC(C)N1CC[C@@H](NC(=O)c2nc(C(C)(C)C)no2)c2ccc(Br)cc2C1. The lowest BCUT2D eigenvalue weighted by Crippen LogP contribution is -2.32. The van der Waals surface area contributed by atoms with Gasteiger partial charge in [-0.2, -0.15) is 4.98 Å². The monoisotopic (exact) mass is 434 g/mol. The van der Waals surface area contributed by atoms with Crippen LogP contribution in [-0.2, 0) is 12.0 Å². The first-order valence-electron chi connectivity index (χ1n) is 9.32. The second-order valence-electron chi connectivity index (χ2n) is 8.40. The summed E-state index contributed by atoms with van der Waals surface area (Å²) >= 11 is 3.56. The number of hydrogen-bond donors (Lipinski definition) is 1. The van der Waals surface area contributed by atoms with Crippen molar-refractivity contribution in [3.8, 4) is 0 Å². The molecule has 1 amide bonds. The van der Waals surface area contributed by atoms with E-state index in [1.807, 2.05) is 26.8 Å². The van der Waals surface area contributed by atoms with Gasteiger partial charge in [0.1, 0.15) is 0 Å². The van der Waals surface area contributed by atoms with Gasteiger partial charge in [-0.05, 0) is 43.5 Å². The van der Waals surface area contributed by atoms with E-state index in [1.165, 1.54) is 5.56 Å². The molecule has 1 atom stereocenters. The average molecular weight is 435 g/mol. The molecule has 0 fully saturated rings. The fraction of sp³-hybridized carbons (Fsp3) is 0.550. The van der Waals surface area contributed by atoms with E-state index >= 15 is 0 Å². The average Bonchev–Trinajstić information content (AvgIpc) is 3.01. The zero-order valence-corrected chi connectivity index (χ0v) is 18.1. The molecule has 0 unspecified atom stereocenters. The molecule has 1 aromatic carbocycles. The minimum absolute atomic E-state index is 0.0172. The van der Waals surface area contributed by atoms with Crippen LogP contribution in [0.3, 0.4) is 0 Å². The number of amides is 1. The molecular formula is C20H27BrN4O2. The molecule has 27 heavy (non-hydrogen) atoms. The minimum Gasteiger partial charge on any atom is -0.341 e. The summed E-state index contributed by atoms with van der Waals surface area (Å²) in [6.07, 6.45) is 0.832. The maximum absolute atomic E-state index is 12.7. The summed E-state index contributed by atoms with van der Waals surface area (Å²) in [5, 5.41) is 7.05. The summed E-state index contributed by atoms with van der Waals surface area (Å²) in [6, 6.07) is 6.60. The fourth-order valence-corrected chi connectivity index (χ4v) is 3.64. The van der Waals surface area contributed by atoms with Gasteiger partial charge < -0.3 is 9.84 Å². The Kier molecular flexibility index (Phi) is 5.72. The lowest BCUT2D eigenvalue weighted by molar-refractivity contribution is 0.0887. The van der Waals surface area contributed by atoms with E-state index in [0.717, 1.165) is 29.5 Å². The summed E-state index contributed by atoms with van der Waals surface area (Å²) in [6.45, 7) is 12.1. The Morgan fingerprint density at radius 2 is 2.11 bits per heavy atom. The number of rotatable bonds is 3. The number of carbonyl (C=O) groups excluding carboxylic acids is 1. The topological polar surface area (TPSA) is 71.3 Å². The van der Waals surface area contributed by atoms with Crippen LogP contribution in [0.25, 0.3) is 0 Å². The first kappa shape index (κ1) is 20.0. The van der Waals surface area contributed by atoms with Crippen LogP contribution in [0.5, 0.6) is 0 Å². The smallest absolute Gasteiger partial charge is 0.315 e. The molecule has 1 aromatic heterocycles. The number of aromatic nitrogens is 2. The van der Waals surface area contributed by atoms with Gasteiger partial charge in [0.2, 0.25) is 0 Å². The molecule has 146 valence electrons. The Balaban J connectivity index is 1.84. The van der Waals surface area contributed by atoms with Crippen LogP contribution in [0.2, 0.25) is 0 Å². The maximum Gasteiger partial charge on any atom is 0.315 e. The molecular weight excluding hydrogens is 408 g/mol. The van der Waals surface area contributed by atoms with Crippen molar-refractivity contribution in [2.24, 2.45) is 0 Å². The highest BCUT2D eigenvalue weighted by Gasteiger charge is 2.28. The molecule has 1 aliphatic rings. The van der Waals surface area contributed by atoms with Crippen molar-refractivity contribution in [2.45, 2.75) is 65.1 Å². The maximum atomic E-state index is 12.7. The second kappa shape index (κ2) is 7.72. The highest BCUT2D eigenvalue weighted by Crippen LogP contribution is 2.30. The normalized spacial score (nSPS) is 18.3. The zero-order valence-electron chi connectivity index (χ0n) is 16.5. The van der Waals surface area contributed by atoms with Crippen LogP contribution < -0.4 is 5.32 Å². The van der Waals surface area contributed by atoms with Gasteiger partial charge in [-0.25, -0.2) is 0 Å². The third-order valence-electron chi connectivity index (χ3n) is 4.89. The Labute approximate surface area is 168 Å². The molecule has 0 saturated carbocycles. The van der Waals surface area contributed by atoms with Crippen LogP contribution in [0.15, 0.2) is 27.2 Å². The second-order valence-corrected chi connectivity index (χ2v) is 9.31. The summed E-state index contributed by atoms with van der Waals surface area (Å²) < 4.78 is 6.25. The fourth-order valence-electron chi connectivity index (χ4n) is 3.23. The van der Waals surface area contributed by atoms with Gasteiger partial charge in [0, 0.05) is 29.0 Å². The van der Waals surface area contributed by atoms with Crippen LogP contribution in [0.4, 0.5) is 0 Å². The summed E-state index contributed by atoms with van der Waals surface area (Å²) in [7, 11) is 0. The Morgan fingerprint density at radius 3 is 2.74 bits per heavy atom. The van der Waals surface area contributed by atoms with Gasteiger partial charge in [-0.3, -0.25) is 9.69 Å². The van der Waals surface area contributed by atoms with Crippen molar-refractivity contribution in [3.05, 3.63) is 45.5 Å². The number of nitrogens with one attached hydrogen (secondary N) is 1. The molecule has 3 rings (SSSR count). The molecule has 1 aliphatic heterocycles. The molecule has 2 heterocycles. The van der Waals surface area contributed by atoms with E-state index in [4.69, 9.17) is 4.52 Å². The number of halogens is 1. The lowest BCUT2D eigenvalue weighted by atomic mass is 9.96. The van der Waals surface area contributed by atoms with Gasteiger partial charge in [0.15, 0.2) is 5.82 Å². The highest BCUT2D eigenvalue weighted by atomic mass is 79.9. The van der Waals surface area contributed by atoms with Gasteiger partial charge >= 0.3 is 11.8 Å². The van der Waals surface area contributed by atoms with E-state index in [0.29, 0.717) is 11.9 Å². The predicted molar refractivity (Wildman–Crippen MR) is 108 cm³/mol. The van der Waals surface area contributed by atoms with Crippen molar-refractivity contribution in [3.63, 3.8) is 0 Å². The van der Waals surface area contributed by atoms with Crippen LogP contribution >= 0.6 is 15.9 Å². The molecule has 0 aliphatic carbocycles. The Hall–Kier alpha value is -1.73. The molecule has 0 radical (unpaired) electrons. The van der Waals surface area contributed by atoms with Gasteiger partial charge in [0.25, 0.3) is 0 Å². The summed E-state index contributed by atoms with van der Waals surface area (Å²) in [5.41, 5.74) is 2.10. The van der Waals surface area contributed by atoms with E-state index in [9.17, 15) is 4.79 Å².